The molecule has 0 bridgehead atoms. The molecular formula is C45H36N4. The minimum atomic E-state index is 0.115. The number of anilines is 2. The van der Waals surface area contributed by atoms with E-state index in [1.807, 2.05) is 24.4 Å². The molecule has 0 radical (unpaired) electrons. The summed E-state index contributed by atoms with van der Waals surface area (Å²) in [5.74, 6) is 0. The van der Waals surface area contributed by atoms with Crippen LogP contribution in [0.2, 0.25) is 0 Å². The van der Waals surface area contributed by atoms with Gasteiger partial charge < -0.3 is 10.6 Å². The number of dihydropyridines is 1. The molecule has 2 N–H and O–H groups in total. The third-order valence-corrected chi connectivity index (χ3v) is 9.33. The fourth-order valence-electron chi connectivity index (χ4n) is 6.89. The Bertz CT molecular complexity index is 2190. The summed E-state index contributed by atoms with van der Waals surface area (Å²) in [6.45, 7) is 0. The molecule has 2 aliphatic heterocycles. The lowest BCUT2D eigenvalue weighted by molar-refractivity contribution is 0.667. The minimum absolute atomic E-state index is 0.115. The van der Waals surface area contributed by atoms with Gasteiger partial charge in [0.25, 0.3) is 0 Å². The molecule has 2 unspecified atom stereocenters. The number of rotatable bonds is 8. The van der Waals surface area contributed by atoms with Crippen LogP contribution in [0.1, 0.15) is 17.3 Å². The van der Waals surface area contributed by atoms with Gasteiger partial charge in [-0.3, -0.25) is 9.98 Å². The Kier molecular flexibility index (Phi) is 8.27. The van der Waals surface area contributed by atoms with Crippen molar-refractivity contribution in [1.82, 2.24) is 4.98 Å². The first-order valence-corrected chi connectivity index (χ1v) is 16.7. The van der Waals surface area contributed by atoms with E-state index in [4.69, 9.17) is 15.7 Å². The Morgan fingerprint density at radius 1 is 0.612 bits per heavy atom. The highest BCUT2D eigenvalue weighted by Gasteiger charge is 2.38. The van der Waals surface area contributed by atoms with Crippen LogP contribution in [-0.4, -0.2) is 17.2 Å². The molecule has 2 atom stereocenters. The number of benzene rings is 5. The van der Waals surface area contributed by atoms with E-state index in [-0.39, 0.29) is 12.1 Å². The second-order valence-electron chi connectivity index (χ2n) is 12.4. The van der Waals surface area contributed by atoms with Gasteiger partial charge in [-0.25, -0.2) is 0 Å². The van der Waals surface area contributed by atoms with E-state index in [1.54, 1.807) is 6.20 Å². The van der Waals surface area contributed by atoms with Gasteiger partial charge in [-0.1, -0.05) is 127 Å². The third kappa shape index (κ3) is 6.13. The highest BCUT2D eigenvalue weighted by atomic mass is 15.2. The van der Waals surface area contributed by atoms with Crippen LogP contribution in [0.15, 0.2) is 181 Å². The second kappa shape index (κ2) is 13.5. The van der Waals surface area contributed by atoms with E-state index in [0.717, 1.165) is 33.8 Å². The topological polar surface area (TPSA) is 54.5 Å². The fourth-order valence-corrected chi connectivity index (χ4v) is 6.89. The van der Waals surface area contributed by atoms with Crippen molar-refractivity contribution in [3.8, 4) is 44.6 Å². The molecule has 0 fully saturated rings. The van der Waals surface area contributed by atoms with Crippen molar-refractivity contribution in [3.05, 3.63) is 187 Å². The van der Waals surface area contributed by atoms with Gasteiger partial charge in [0.05, 0.1) is 11.7 Å². The number of hydrogen-bond donors (Lipinski definition) is 1. The molecule has 6 aromatic rings. The minimum Gasteiger partial charge on any atom is -0.405 e. The SMILES string of the molecule is N/C=C\C=C/Cc1cc(-c2ccc(-c3ccc(-c4ccccc4)cc3)cc2)cc(-c2ccc(N3c4ccccc4C4N=CC=CC43)cc2)n1. The Labute approximate surface area is 288 Å². The molecular weight excluding hydrogens is 597 g/mol. The Balaban J connectivity index is 1.09. The molecule has 0 saturated carbocycles. The molecule has 1 aromatic heterocycles. The first-order chi connectivity index (χ1) is 24.2. The standard InChI is InChI=1S/C45H36N4/c46-28-8-2-5-12-39-30-38(36-22-20-35(21-23-36)34-18-16-33(17-19-34)32-10-3-1-4-11-32)31-42(48-39)37-24-26-40(27-25-37)49-43-14-7-6-13-41(43)45-44(49)15-9-29-47-45/h1-11,13-31,44-45H,12,46H2/b5-2-,28-8-. The summed E-state index contributed by atoms with van der Waals surface area (Å²) >= 11 is 0. The van der Waals surface area contributed by atoms with E-state index in [1.165, 1.54) is 33.5 Å². The largest absolute Gasteiger partial charge is 0.405 e. The predicted molar refractivity (Wildman–Crippen MR) is 205 cm³/mol. The summed E-state index contributed by atoms with van der Waals surface area (Å²) in [6.07, 6.45) is 14.4. The molecule has 0 spiro atoms. The molecule has 0 saturated heterocycles. The molecule has 49 heavy (non-hydrogen) atoms. The van der Waals surface area contributed by atoms with Crippen LogP contribution in [0.5, 0.6) is 0 Å². The molecule has 4 heteroatoms. The first kappa shape index (κ1) is 30.1. The van der Waals surface area contributed by atoms with Crippen molar-refractivity contribution in [2.24, 2.45) is 10.7 Å². The number of hydrogen-bond acceptors (Lipinski definition) is 4. The summed E-state index contributed by atoms with van der Waals surface area (Å²) in [7, 11) is 0. The summed E-state index contributed by atoms with van der Waals surface area (Å²) in [5, 5.41) is 0. The highest BCUT2D eigenvalue weighted by molar-refractivity contribution is 5.81. The number of aromatic nitrogens is 1. The third-order valence-electron chi connectivity index (χ3n) is 9.33. The summed E-state index contributed by atoms with van der Waals surface area (Å²) in [5.41, 5.74) is 19.3. The Hall–Kier alpha value is -6.26. The van der Waals surface area contributed by atoms with Crippen molar-refractivity contribution >= 4 is 17.6 Å². The van der Waals surface area contributed by atoms with E-state index in [9.17, 15) is 0 Å². The van der Waals surface area contributed by atoms with Crippen LogP contribution in [-0.2, 0) is 6.42 Å². The van der Waals surface area contributed by atoms with E-state index in [2.05, 4.69) is 157 Å². The van der Waals surface area contributed by atoms with Crippen LogP contribution in [0.25, 0.3) is 44.6 Å². The van der Waals surface area contributed by atoms with Crippen molar-refractivity contribution in [3.63, 3.8) is 0 Å². The number of aliphatic imine (C=N–C) groups is 1. The quantitative estimate of drug-likeness (QED) is 0.170. The number of allylic oxidation sites excluding steroid dienone is 4. The van der Waals surface area contributed by atoms with Crippen molar-refractivity contribution in [2.75, 3.05) is 4.90 Å². The zero-order valence-corrected chi connectivity index (χ0v) is 27.1. The van der Waals surface area contributed by atoms with Crippen molar-refractivity contribution in [2.45, 2.75) is 18.5 Å². The van der Waals surface area contributed by atoms with Crippen molar-refractivity contribution in [1.29, 1.82) is 0 Å². The van der Waals surface area contributed by atoms with Crippen LogP contribution < -0.4 is 10.6 Å². The molecule has 0 aliphatic carbocycles. The molecule has 2 aliphatic rings. The lowest BCUT2D eigenvalue weighted by Crippen LogP contribution is -2.28. The Morgan fingerprint density at radius 2 is 1.22 bits per heavy atom. The smallest absolute Gasteiger partial charge is 0.101 e. The van der Waals surface area contributed by atoms with Gasteiger partial charge in [-0.2, -0.15) is 0 Å². The predicted octanol–water partition coefficient (Wildman–Crippen LogP) is 10.5. The van der Waals surface area contributed by atoms with Crippen LogP contribution in [0.4, 0.5) is 11.4 Å². The van der Waals surface area contributed by atoms with Gasteiger partial charge in [0.15, 0.2) is 0 Å². The van der Waals surface area contributed by atoms with Crippen LogP contribution in [0.3, 0.4) is 0 Å². The lowest BCUT2D eigenvalue weighted by atomic mass is 9.97. The van der Waals surface area contributed by atoms with E-state index >= 15 is 0 Å². The maximum atomic E-state index is 5.56. The van der Waals surface area contributed by atoms with Crippen molar-refractivity contribution < 1.29 is 0 Å². The zero-order chi connectivity index (χ0) is 33.0. The lowest BCUT2D eigenvalue weighted by Gasteiger charge is -2.28. The van der Waals surface area contributed by atoms with Gasteiger partial charge >= 0.3 is 0 Å². The molecule has 236 valence electrons. The van der Waals surface area contributed by atoms with Crippen LogP contribution in [0, 0.1) is 0 Å². The molecule has 5 aromatic carbocycles. The maximum absolute atomic E-state index is 5.56. The second-order valence-corrected chi connectivity index (χ2v) is 12.4. The first-order valence-electron chi connectivity index (χ1n) is 16.7. The monoisotopic (exact) mass is 632 g/mol. The van der Waals surface area contributed by atoms with E-state index < -0.39 is 0 Å². The molecule has 4 nitrogen and oxygen atoms in total. The van der Waals surface area contributed by atoms with Gasteiger partial charge in [-0.15, -0.1) is 0 Å². The zero-order valence-electron chi connectivity index (χ0n) is 27.1. The molecule has 8 rings (SSSR count). The summed E-state index contributed by atoms with van der Waals surface area (Å²) < 4.78 is 0. The summed E-state index contributed by atoms with van der Waals surface area (Å²) in [4.78, 5) is 12.3. The average Bonchev–Trinajstić information content (AvgIpc) is 3.51. The molecule has 0 amide bonds. The number of pyridine rings is 1. The van der Waals surface area contributed by atoms with Crippen LogP contribution >= 0.6 is 0 Å². The number of fused-ring (bicyclic) bond motifs is 3. The normalized spacial score (nSPS) is 16.4. The number of nitrogens with two attached hydrogens (primary N) is 1. The maximum Gasteiger partial charge on any atom is 0.101 e. The van der Waals surface area contributed by atoms with E-state index in [0.29, 0.717) is 6.42 Å². The Morgan fingerprint density at radius 3 is 1.92 bits per heavy atom. The summed E-state index contributed by atoms with van der Waals surface area (Å²) in [6, 6.07) is 50.2. The highest BCUT2D eigenvalue weighted by Crippen LogP contribution is 2.47. The van der Waals surface area contributed by atoms with Gasteiger partial charge in [0, 0.05) is 40.8 Å². The number of nitrogens with zero attached hydrogens (tertiary/aromatic N) is 3. The van der Waals surface area contributed by atoms with Gasteiger partial charge in [0.1, 0.15) is 6.04 Å². The molecule has 3 heterocycles. The van der Waals surface area contributed by atoms with Gasteiger partial charge in [-0.05, 0) is 82.1 Å². The fraction of sp³-hybridized carbons (Fsp3) is 0.0667. The number of para-hydroxylation sites is 1. The average molecular weight is 633 g/mol. The van der Waals surface area contributed by atoms with Gasteiger partial charge in [0.2, 0.25) is 0 Å².